The van der Waals surface area contributed by atoms with Crippen LogP contribution in [0.25, 0.3) is 0 Å². The molecule has 1 aliphatic heterocycles. The van der Waals surface area contributed by atoms with Crippen molar-refractivity contribution in [2.24, 2.45) is 0 Å². The fourth-order valence-electron chi connectivity index (χ4n) is 5.03. The normalized spacial score (nSPS) is 20.1. The summed E-state index contributed by atoms with van der Waals surface area (Å²) in [6.45, 7) is 3.57. The van der Waals surface area contributed by atoms with Crippen molar-refractivity contribution < 1.29 is 46.2 Å². The Morgan fingerprint density at radius 2 is 1.57 bits per heavy atom. The highest BCUT2D eigenvalue weighted by Crippen LogP contribution is 2.49. The first-order valence-corrected chi connectivity index (χ1v) is 14.9. The first-order valence-electron chi connectivity index (χ1n) is 13.5. The van der Waals surface area contributed by atoms with Crippen molar-refractivity contribution >= 4 is 11.2 Å². The summed E-state index contributed by atoms with van der Waals surface area (Å²) < 4.78 is 86.2. The highest BCUT2D eigenvalue weighted by molar-refractivity contribution is 7.91. The van der Waals surface area contributed by atoms with Gasteiger partial charge in [-0.3, -0.25) is 0 Å². The molecule has 3 atom stereocenters. The van der Waals surface area contributed by atoms with Gasteiger partial charge in [0.05, 0.1) is 6.61 Å². The van der Waals surface area contributed by atoms with Gasteiger partial charge in [0.1, 0.15) is 28.8 Å². The molecule has 5 nitrogen and oxygen atoms in total. The molecule has 0 aromatic heterocycles. The van der Waals surface area contributed by atoms with E-state index in [0.717, 1.165) is 30.4 Å². The number of ether oxygens (including phenoxy) is 2. The third-order valence-electron chi connectivity index (χ3n) is 7.43. The lowest BCUT2D eigenvalue weighted by atomic mass is 9.66. The van der Waals surface area contributed by atoms with E-state index in [0.29, 0.717) is 38.4 Å². The van der Waals surface area contributed by atoms with Crippen LogP contribution in [-0.2, 0) is 21.3 Å². The lowest BCUT2D eigenvalue weighted by molar-refractivity contribution is -0.284. The first kappa shape index (κ1) is 32.3. The number of phenolic OH excluding ortho intramolecular Hbond substituents is 2. The quantitative estimate of drug-likeness (QED) is 0.130. The van der Waals surface area contributed by atoms with E-state index in [-0.39, 0.29) is 34.3 Å². The molecule has 0 aliphatic carbocycles. The average molecular weight is 593 g/mol. The Morgan fingerprint density at radius 3 is 2.27 bits per heavy atom. The van der Waals surface area contributed by atoms with E-state index in [4.69, 9.17) is 9.47 Å². The largest absolute Gasteiger partial charge is 0.616 e. The lowest BCUT2D eigenvalue weighted by Gasteiger charge is -2.43. The van der Waals surface area contributed by atoms with Gasteiger partial charge < -0.3 is 24.2 Å². The Kier molecular flexibility index (Phi) is 11.4. The van der Waals surface area contributed by atoms with E-state index in [1.54, 1.807) is 24.3 Å². The number of hydrogen-bond donors (Lipinski definition) is 2. The summed E-state index contributed by atoms with van der Waals surface area (Å²) in [4.78, 5) is 0. The van der Waals surface area contributed by atoms with Crippen LogP contribution in [0.4, 0.5) is 22.0 Å². The molecule has 2 aromatic rings. The average Bonchev–Trinajstić information content (AvgIpc) is 2.88. The predicted octanol–water partition coefficient (Wildman–Crippen LogP) is 7.23. The van der Waals surface area contributed by atoms with E-state index in [9.17, 15) is 36.7 Å². The molecule has 0 saturated heterocycles. The third kappa shape index (κ3) is 8.63. The molecule has 0 bridgehead atoms. The highest BCUT2D eigenvalue weighted by Gasteiger charge is 2.56. The molecule has 0 fully saturated rings. The molecule has 3 unspecified atom stereocenters. The van der Waals surface area contributed by atoms with Gasteiger partial charge in [-0.15, -0.1) is 0 Å². The number of halogens is 5. The second-order valence-corrected chi connectivity index (χ2v) is 12.2. The molecule has 40 heavy (non-hydrogen) atoms. The van der Waals surface area contributed by atoms with Gasteiger partial charge in [0.2, 0.25) is 0 Å². The van der Waals surface area contributed by atoms with Crippen LogP contribution >= 0.6 is 0 Å². The molecule has 0 radical (unpaired) electrons. The summed E-state index contributed by atoms with van der Waals surface area (Å²) in [5.41, 5.74) is 1.64. The molecule has 224 valence electrons. The predicted molar refractivity (Wildman–Crippen MR) is 144 cm³/mol. The van der Waals surface area contributed by atoms with Gasteiger partial charge in [-0.05, 0) is 61.4 Å². The van der Waals surface area contributed by atoms with E-state index >= 15 is 0 Å². The van der Waals surface area contributed by atoms with Gasteiger partial charge in [0.15, 0.2) is 0 Å². The number of fused-ring (bicyclic) bond motifs is 1. The molecule has 1 heterocycles. The molecule has 0 saturated carbocycles. The smallest absolute Gasteiger partial charge is 0.453 e. The topological polar surface area (TPSA) is 82.0 Å². The van der Waals surface area contributed by atoms with E-state index in [1.807, 2.05) is 18.2 Å². The Morgan fingerprint density at radius 1 is 0.925 bits per heavy atom. The Labute approximate surface area is 234 Å². The number of hydrogen-bond acceptors (Lipinski definition) is 5. The van der Waals surface area contributed by atoms with Crippen molar-refractivity contribution in [1.82, 2.24) is 0 Å². The molecule has 1 aliphatic rings. The van der Waals surface area contributed by atoms with Gasteiger partial charge in [-0.25, -0.2) is 0 Å². The number of unbranched alkanes of at least 4 members (excludes halogenated alkanes) is 3. The zero-order valence-electron chi connectivity index (χ0n) is 22.5. The Hall–Kier alpha value is -2.24. The molecule has 0 amide bonds. The summed E-state index contributed by atoms with van der Waals surface area (Å²) >= 11 is -1.41. The third-order valence-corrected chi connectivity index (χ3v) is 8.92. The minimum absolute atomic E-state index is 0.0486. The van der Waals surface area contributed by atoms with Crippen LogP contribution in [0.15, 0.2) is 42.5 Å². The van der Waals surface area contributed by atoms with Crippen LogP contribution < -0.4 is 4.74 Å². The number of benzene rings is 2. The summed E-state index contributed by atoms with van der Waals surface area (Å²) in [6, 6.07) is 12.2. The zero-order valence-corrected chi connectivity index (χ0v) is 23.3. The van der Waals surface area contributed by atoms with Crippen LogP contribution in [0, 0.1) is 0 Å². The van der Waals surface area contributed by atoms with Crippen molar-refractivity contribution in [3.63, 3.8) is 0 Å². The minimum Gasteiger partial charge on any atom is -0.616 e. The minimum atomic E-state index is -5.57. The molecule has 2 N–H and O–H groups in total. The summed E-state index contributed by atoms with van der Waals surface area (Å²) in [7, 11) is 0. The SMILES string of the molecule is CC1(c2ccc(O)cc2)COc2cc(O)ccc2C1CCOCCCCCC[S+]([O-])CCCC(F)(F)C(F)(F)F. The fraction of sp³-hybridized carbons (Fsp3) is 0.586. The maximum Gasteiger partial charge on any atom is 0.453 e. The van der Waals surface area contributed by atoms with Crippen LogP contribution in [0.5, 0.6) is 17.2 Å². The second kappa shape index (κ2) is 14.1. The van der Waals surface area contributed by atoms with E-state index < -0.39 is 36.1 Å². The van der Waals surface area contributed by atoms with E-state index in [2.05, 4.69) is 6.92 Å². The van der Waals surface area contributed by atoms with Crippen LogP contribution in [0.1, 0.15) is 68.9 Å². The molecule has 3 rings (SSSR count). The molecule has 2 aromatic carbocycles. The van der Waals surface area contributed by atoms with Crippen LogP contribution in [0.2, 0.25) is 0 Å². The number of aromatic hydroxyl groups is 2. The van der Waals surface area contributed by atoms with Gasteiger partial charge in [-0.1, -0.05) is 42.7 Å². The molecule has 0 spiro atoms. The van der Waals surface area contributed by atoms with Gasteiger partial charge in [-0.2, -0.15) is 22.0 Å². The van der Waals surface area contributed by atoms with Crippen molar-refractivity contribution in [3.05, 3.63) is 53.6 Å². The van der Waals surface area contributed by atoms with Crippen molar-refractivity contribution in [1.29, 1.82) is 0 Å². The van der Waals surface area contributed by atoms with Crippen LogP contribution in [-0.4, -0.2) is 58.2 Å². The number of rotatable bonds is 15. The zero-order chi connectivity index (χ0) is 29.4. The van der Waals surface area contributed by atoms with Crippen LogP contribution in [0.3, 0.4) is 0 Å². The summed E-state index contributed by atoms with van der Waals surface area (Å²) in [5, 5.41) is 19.6. The molecular formula is C29H37F5O5S. The Balaban J connectivity index is 1.38. The molecule has 11 heteroatoms. The second-order valence-electron chi connectivity index (χ2n) is 10.5. The van der Waals surface area contributed by atoms with Crippen molar-refractivity contribution in [2.75, 3.05) is 31.3 Å². The van der Waals surface area contributed by atoms with Gasteiger partial charge >= 0.3 is 12.1 Å². The Bertz CT molecular complexity index is 1070. The van der Waals surface area contributed by atoms with Gasteiger partial charge in [0.25, 0.3) is 0 Å². The monoisotopic (exact) mass is 592 g/mol. The molecular weight excluding hydrogens is 555 g/mol. The fourth-order valence-corrected chi connectivity index (χ4v) is 6.23. The van der Waals surface area contributed by atoms with Crippen molar-refractivity contribution in [2.45, 2.75) is 75.3 Å². The number of alkyl halides is 5. The van der Waals surface area contributed by atoms with Crippen molar-refractivity contribution in [3.8, 4) is 17.2 Å². The van der Waals surface area contributed by atoms with E-state index in [1.165, 1.54) is 0 Å². The summed E-state index contributed by atoms with van der Waals surface area (Å²) in [6.07, 6.45) is -3.63. The lowest BCUT2D eigenvalue weighted by Crippen LogP contribution is -2.40. The standard InChI is InChI=1S/C29H37F5O5S/c1-27(21-7-9-22(35)10-8-21)20-39-26-19-23(36)11-12-24(26)25(27)13-16-38-15-4-2-3-5-17-40(37)18-6-14-28(30,31)29(32,33)34/h7-12,19,25,35-36H,2-6,13-18,20H2,1H3. The van der Waals surface area contributed by atoms with Gasteiger partial charge in [0, 0.05) is 37.0 Å². The maximum atomic E-state index is 12.9. The first-order chi connectivity index (χ1) is 18.8. The highest BCUT2D eigenvalue weighted by atomic mass is 32.2. The summed E-state index contributed by atoms with van der Waals surface area (Å²) in [5.74, 6) is -3.60. The maximum absolute atomic E-state index is 12.9. The number of phenols is 2.